The summed E-state index contributed by atoms with van der Waals surface area (Å²) in [7, 11) is 0. The van der Waals surface area contributed by atoms with Crippen molar-refractivity contribution in [1.29, 1.82) is 0 Å². The first-order valence-corrected chi connectivity index (χ1v) is 6.63. The van der Waals surface area contributed by atoms with Gasteiger partial charge < -0.3 is 5.11 Å². The Hall–Kier alpha value is -1.08. The lowest BCUT2D eigenvalue weighted by molar-refractivity contribution is 0.177. The lowest BCUT2D eigenvalue weighted by Crippen LogP contribution is -1.98. The normalized spacial score (nSPS) is 12.4. The number of aliphatic hydroxyl groups is 1. The molecule has 0 amide bonds. The van der Waals surface area contributed by atoms with Gasteiger partial charge in [0.25, 0.3) is 0 Å². The molecule has 0 saturated heterocycles. The highest BCUT2D eigenvalue weighted by Crippen LogP contribution is 2.22. The molecule has 0 aliphatic heterocycles. The molecule has 1 N–H and O–H groups in total. The van der Waals surface area contributed by atoms with Crippen LogP contribution < -0.4 is 0 Å². The second-order valence-corrected chi connectivity index (χ2v) is 4.69. The van der Waals surface area contributed by atoms with Gasteiger partial charge in [0.1, 0.15) is 0 Å². The van der Waals surface area contributed by atoms with Gasteiger partial charge in [0.05, 0.1) is 6.10 Å². The molecule has 94 valence electrons. The van der Waals surface area contributed by atoms with Crippen molar-refractivity contribution in [2.75, 3.05) is 0 Å². The summed E-state index contributed by atoms with van der Waals surface area (Å²) in [5, 5.41) is 10.0. The van der Waals surface area contributed by atoms with Crippen molar-refractivity contribution >= 4 is 0 Å². The van der Waals surface area contributed by atoms with Gasteiger partial charge in [-0.25, -0.2) is 0 Å². The molecule has 0 spiro atoms. The Bertz CT molecular complexity index is 316. The first-order valence-electron chi connectivity index (χ1n) is 6.63. The number of hydrogen-bond acceptors (Lipinski definition) is 1. The van der Waals surface area contributed by atoms with Crippen molar-refractivity contribution in [3.05, 3.63) is 48.0 Å². The van der Waals surface area contributed by atoms with E-state index in [4.69, 9.17) is 0 Å². The highest BCUT2D eigenvalue weighted by Gasteiger charge is 2.08. The van der Waals surface area contributed by atoms with E-state index >= 15 is 0 Å². The van der Waals surface area contributed by atoms with E-state index in [1.54, 1.807) is 0 Å². The lowest BCUT2D eigenvalue weighted by Gasteiger charge is -2.12. The van der Waals surface area contributed by atoms with Crippen LogP contribution in [0.5, 0.6) is 0 Å². The minimum absolute atomic E-state index is 0.394. The van der Waals surface area contributed by atoms with Crippen LogP contribution in [0.15, 0.2) is 42.5 Å². The summed E-state index contributed by atoms with van der Waals surface area (Å²) in [5.41, 5.74) is 2.15. The van der Waals surface area contributed by atoms with Gasteiger partial charge in [-0.1, -0.05) is 68.7 Å². The molecule has 1 unspecified atom stereocenters. The molecular formula is C16H24O. The molecule has 0 fully saturated rings. The van der Waals surface area contributed by atoms with E-state index in [0.29, 0.717) is 6.42 Å². The smallest absolute Gasteiger partial charge is 0.0827 e. The van der Waals surface area contributed by atoms with Crippen molar-refractivity contribution in [2.24, 2.45) is 0 Å². The summed E-state index contributed by atoms with van der Waals surface area (Å²) in [5.74, 6) is 0. The molecule has 1 aromatic rings. The van der Waals surface area contributed by atoms with Crippen LogP contribution in [0.2, 0.25) is 0 Å². The van der Waals surface area contributed by atoms with Crippen LogP contribution >= 0.6 is 0 Å². The Morgan fingerprint density at radius 3 is 2.53 bits per heavy atom. The van der Waals surface area contributed by atoms with Crippen LogP contribution in [0.4, 0.5) is 0 Å². The van der Waals surface area contributed by atoms with Gasteiger partial charge in [0.15, 0.2) is 0 Å². The Labute approximate surface area is 105 Å². The molecule has 1 nitrogen and oxygen atoms in total. The SMILES string of the molecule is C=C(CCCCCC)CC(O)c1ccccc1. The monoisotopic (exact) mass is 232 g/mol. The largest absolute Gasteiger partial charge is 0.388 e. The zero-order chi connectivity index (χ0) is 12.5. The van der Waals surface area contributed by atoms with Gasteiger partial charge in [-0.3, -0.25) is 0 Å². The van der Waals surface area contributed by atoms with E-state index in [0.717, 1.165) is 17.6 Å². The van der Waals surface area contributed by atoms with Crippen LogP contribution in [0.1, 0.15) is 57.1 Å². The summed E-state index contributed by atoms with van der Waals surface area (Å²) >= 11 is 0. The number of benzene rings is 1. The van der Waals surface area contributed by atoms with Gasteiger partial charge in [-0.2, -0.15) is 0 Å². The van der Waals surface area contributed by atoms with E-state index in [2.05, 4.69) is 13.5 Å². The zero-order valence-electron chi connectivity index (χ0n) is 10.9. The molecule has 1 atom stereocenters. The maximum Gasteiger partial charge on any atom is 0.0827 e. The van der Waals surface area contributed by atoms with Crippen molar-refractivity contribution in [3.63, 3.8) is 0 Å². The highest BCUT2D eigenvalue weighted by molar-refractivity contribution is 5.18. The topological polar surface area (TPSA) is 20.2 Å². The Morgan fingerprint density at radius 2 is 1.88 bits per heavy atom. The third kappa shape index (κ3) is 5.69. The maximum absolute atomic E-state index is 10.0. The van der Waals surface area contributed by atoms with Gasteiger partial charge in [0.2, 0.25) is 0 Å². The molecule has 1 aromatic carbocycles. The molecular weight excluding hydrogens is 208 g/mol. The standard InChI is InChI=1S/C16H24O/c1-3-4-5-7-10-14(2)13-16(17)15-11-8-6-9-12-15/h6,8-9,11-12,16-17H,2-5,7,10,13H2,1H3. The summed E-state index contributed by atoms with van der Waals surface area (Å²) in [6.07, 6.45) is 6.38. The van der Waals surface area contributed by atoms with E-state index in [1.165, 1.54) is 25.7 Å². The molecule has 0 saturated carbocycles. The second-order valence-electron chi connectivity index (χ2n) is 4.69. The van der Waals surface area contributed by atoms with Crippen molar-refractivity contribution in [2.45, 2.75) is 51.6 Å². The predicted molar refractivity (Wildman–Crippen MR) is 73.9 cm³/mol. The van der Waals surface area contributed by atoms with E-state index in [9.17, 15) is 5.11 Å². The molecule has 0 heterocycles. The summed E-state index contributed by atoms with van der Waals surface area (Å²) in [4.78, 5) is 0. The quantitative estimate of drug-likeness (QED) is 0.511. The molecule has 17 heavy (non-hydrogen) atoms. The van der Waals surface area contributed by atoms with Crippen LogP contribution in [0, 0.1) is 0 Å². The fourth-order valence-electron chi connectivity index (χ4n) is 1.97. The minimum Gasteiger partial charge on any atom is -0.388 e. The third-order valence-electron chi connectivity index (χ3n) is 3.05. The second kappa shape index (κ2) is 8.08. The summed E-state index contributed by atoms with van der Waals surface area (Å²) < 4.78 is 0. The van der Waals surface area contributed by atoms with Crippen molar-refractivity contribution in [3.8, 4) is 0 Å². The first-order chi connectivity index (χ1) is 8.24. The van der Waals surface area contributed by atoms with Gasteiger partial charge >= 0.3 is 0 Å². The fourth-order valence-corrected chi connectivity index (χ4v) is 1.97. The minimum atomic E-state index is -0.394. The first kappa shape index (κ1) is 14.0. The average Bonchev–Trinajstić information content (AvgIpc) is 2.36. The van der Waals surface area contributed by atoms with Gasteiger partial charge in [0, 0.05) is 0 Å². The predicted octanol–water partition coefficient (Wildman–Crippen LogP) is 4.64. The maximum atomic E-state index is 10.0. The van der Waals surface area contributed by atoms with Crippen LogP contribution in [-0.4, -0.2) is 5.11 Å². The Kier molecular flexibility index (Phi) is 6.64. The number of unbranched alkanes of at least 4 members (excludes halogenated alkanes) is 3. The zero-order valence-corrected chi connectivity index (χ0v) is 10.9. The molecule has 0 aliphatic rings. The lowest BCUT2D eigenvalue weighted by atomic mass is 9.98. The van der Waals surface area contributed by atoms with Crippen LogP contribution in [-0.2, 0) is 0 Å². The van der Waals surface area contributed by atoms with Gasteiger partial charge in [-0.05, 0) is 24.8 Å². The Morgan fingerprint density at radius 1 is 1.18 bits per heavy atom. The van der Waals surface area contributed by atoms with E-state index < -0.39 is 6.10 Å². The molecule has 0 aromatic heterocycles. The molecule has 0 aliphatic carbocycles. The van der Waals surface area contributed by atoms with E-state index in [-0.39, 0.29) is 0 Å². The molecule has 1 rings (SSSR count). The fraction of sp³-hybridized carbons (Fsp3) is 0.500. The van der Waals surface area contributed by atoms with Crippen LogP contribution in [0.3, 0.4) is 0 Å². The number of rotatable bonds is 8. The van der Waals surface area contributed by atoms with Crippen molar-refractivity contribution < 1.29 is 5.11 Å². The highest BCUT2D eigenvalue weighted by atomic mass is 16.3. The summed E-state index contributed by atoms with van der Waals surface area (Å²) in [6, 6.07) is 9.82. The van der Waals surface area contributed by atoms with Crippen LogP contribution in [0.25, 0.3) is 0 Å². The summed E-state index contributed by atoms with van der Waals surface area (Å²) in [6.45, 7) is 6.27. The van der Waals surface area contributed by atoms with E-state index in [1.807, 2.05) is 30.3 Å². The average molecular weight is 232 g/mol. The molecule has 0 bridgehead atoms. The third-order valence-corrected chi connectivity index (χ3v) is 3.05. The number of aliphatic hydroxyl groups excluding tert-OH is 1. The number of hydrogen-bond donors (Lipinski definition) is 1. The Balaban J connectivity index is 2.26. The molecule has 1 heteroatoms. The van der Waals surface area contributed by atoms with Crippen molar-refractivity contribution in [1.82, 2.24) is 0 Å². The molecule has 0 radical (unpaired) electrons. The van der Waals surface area contributed by atoms with Gasteiger partial charge in [-0.15, -0.1) is 0 Å².